The lowest BCUT2D eigenvalue weighted by atomic mass is 10.0. The van der Waals surface area contributed by atoms with Crippen molar-refractivity contribution in [2.45, 2.75) is 33.1 Å². The van der Waals surface area contributed by atoms with E-state index in [1.165, 1.54) is 6.07 Å². The van der Waals surface area contributed by atoms with E-state index in [4.69, 9.17) is 11.6 Å². The molecule has 1 aliphatic rings. The summed E-state index contributed by atoms with van der Waals surface area (Å²) in [6.45, 7) is 5.12. The van der Waals surface area contributed by atoms with Gasteiger partial charge in [0.15, 0.2) is 11.6 Å². The van der Waals surface area contributed by atoms with Gasteiger partial charge >= 0.3 is 0 Å². The van der Waals surface area contributed by atoms with Crippen LogP contribution >= 0.6 is 11.6 Å². The first-order valence-corrected chi connectivity index (χ1v) is 9.70. The number of benzene rings is 2. The highest BCUT2D eigenvalue weighted by atomic mass is 35.5. The number of anilines is 1. The van der Waals surface area contributed by atoms with Crippen LogP contribution in [-0.2, 0) is 0 Å². The number of carbonyl (C=O) groups is 1. The fourth-order valence-electron chi connectivity index (χ4n) is 3.38. The summed E-state index contributed by atoms with van der Waals surface area (Å²) < 4.78 is 41.2. The van der Waals surface area contributed by atoms with Crippen molar-refractivity contribution in [1.82, 2.24) is 5.43 Å². The molecule has 3 rings (SSSR count). The highest BCUT2D eigenvalue weighted by Gasteiger charge is 2.18. The highest BCUT2D eigenvalue weighted by Crippen LogP contribution is 2.27. The molecule has 0 bridgehead atoms. The Kier molecular flexibility index (Phi) is 6.47. The van der Waals surface area contributed by atoms with E-state index < -0.39 is 17.5 Å². The van der Waals surface area contributed by atoms with Crippen molar-refractivity contribution in [3.63, 3.8) is 0 Å². The summed E-state index contributed by atoms with van der Waals surface area (Å²) in [4.78, 5) is 14.2. The van der Waals surface area contributed by atoms with Crippen molar-refractivity contribution < 1.29 is 18.0 Å². The minimum Gasteiger partial charge on any atom is -0.369 e. The van der Waals surface area contributed by atoms with E-state index >= 15 is 0 Å². The molecule has 2 aromatic rings. The van der Waals surface area contributed by atoms with Crippen LogP contribution in [0.3, 0.4) is 0 Å². The largest absolute Gasteiger partial charge is 0.369 e. The summed E-state index contributed by atoms with van der Waals surface area (Å²) in [6.07, 6.45) is 3.24. The Hall–Kier alpha value is -2.54. The van der Waals surface area contributed by atoms with Crippen molar-refractivity contribution in [2.24, 2.45) is 5.10 Å². The topological polar surface area (TPSA) is 44.7 Å². The fraction of sp³-hybridized carbons (Fsp3) is 0.333. The number of hydrazone groups is 1. The van der Waals surface area contributed by atoms with E-state index in [0.29, 0.717) is 23.0 Å². The summed E-state index contributed by atoms with van der Waals surface area (Å²) in [5.41, 5.74) is 4.30. The lowest BCUT2D eigenvalue weighted by Gasteiger charge is -2.29. The number of nitrogens with one attached hydrogen (secondary N) is 1. The zero-order valence-corrected chi connectivity index (χ0v) is 16.9. The zero-order valence-electron chi connectivity index (χ0n) is 16.2. The molecule has 8 heteroatoms. The number of amides is 1. The zero-order chi connectivity index (χ0) is 21.1. The Bertz CT molecular complexity index is 972. The average Bonchev–Trinajstić information content (AvgIpc) is 2.70. The standard InChI is InChI=1S/C21H21ClF3N3O/c1-12-8-20(28-6-4-3-5-7-28)19(25)9-14(12)13(2)26-27-21(29)15-10-17(23)18(24)11-16(15)22/h8-11H,3-7H2,1-2H3,(H,27,29)/b26-13-. The highest BCUT2D eigenvalue weighted by molar-refractivity contribution is 6.33. The molecule has 1 aliphatic heterocycles. The summed E-state index contributed by atoms with van der Waals surface area (Å²) in [6, 6.07) is 4.61. The van der Waals surface area contributed by atoms with Gasteiger partial charge in [-0.25, -0.2) is 18.6 Å². The molecule has 0 saturated carbocycles. The van der Waals surface area contributed by atoms with Crippen molar-refractivity contribution in [3.05, 3.63) is 63.4 Å². The second kappa shape index (κ2) is 8.86. The molecule has 0 radical (unpaired) electrons. The predicted octanol–water partition coefficient (Wildman–Crippen LogP) is 5.21. The van der Waals surface area contributed by atoms with Crippen LogP contribution in [0.15, 0.2) is 29.4 Å². The first-order chi connectivity index (χ1) is 13.8. The molecule has 1 heterocycles. The number of rotatable bonds is 4. The maximum absolute atomic E-state index is 14.7. The molecule has 1 amide bonds. The van der Waals surface area contributed by atoms with Crippen LogP contribution in [0, 0.1) is 24.4 Å². The summed E-state index contributed by atoms with van der Waals surface area (Å²) in [5, 5.41) is 3.74. The molecule has 1 fully saturated rings. The van der Waals surface area contributed by atoms with E-state index in [9.17, 15) is 18.0 Å². The first kappa shape index (κ1) is 21.2. The van der Waals surface area contributed by atoms with Crippen molar-refractivity contribution in [2.75, 3.05) is 18.0 Å². The molecular formula is C21H21ClF3N3O. The van der Waals surface area contributed by atoms with Gasteiger partial charge in [0.05, 0.1) is 22.0 Å². The Morgan fingerprint density at radius 3 is 2.31 bits per heavy atom. The molecule has 4 nitrogen and oxygen atoms in total. The maximum atomic E-state index is 14.7. The van der Waals surface area contributed by atoms with Gasteiger partial charge in [-0.05, 0) is 62.9 Å². The van der Waals surface area contributed by atoms with Crippen molar-refractivity contribution in [3.8, 4) is 0 Å². The van der Waals surface area contributed by atoms with Gasteiger partial charge < -0.3 is 4.90 Å². The average molecular weight is 424 g/mol. The SMILES string of the molecule is C/C(=N/NC(=O)c1cc(F)c(F)cc1Cl)c1cc(F)c(N2CCCCC2)cc1C. The molecule has 0 unspecified atom stereocenters. The lowest BCUT2D eigenvalue weighted by molar-refractivity contribution is 0.0954. The number of halogens is 4. The first-order valence-electron chi connectivity index (χ1n) is 9.32. The molecule has 0 aromatic heterocycles. The smallest absolute Gasteiger partial charge is 0.272 e. The molecular weight excluding hydrogens is 403 g/mol. The molecule has 1 saturated heterocycles. The molecule has 1 N–H and O–H groups in total. The third-order valence-corrected chi connectivity index (χ3v) is 5.27. The number of aryl methyl sites for hydroxylation is 1. The van der Waals surface area contributed by atoms with Crippen LogP contribution < -0.4 is 10.3 Å². The Morgan fingerprint density at radius 1 is 1.00 bits per heavy atom. The van der Waals surface area contributed by atoms with Crippen LogP contribution in [0.25, 0.3) is 0 Å². The van der Waals surface area contributed by atoms with Gasteiger partial charge in [0.25, 0.3) is 5.91 Å². The van der Waals surface area contributed by atoms with Crippen LogP contribution in [-0.4, -0.2) is 24.7 Å². The molecule has 0 atom stereocenters. The van der Waals surface area contributed by atoms with Gasteiger partial charge in [-0.2, -0.15) is 5.10 Å². The number of piperidine rings is 1. The van der Waals surface area contributed by atoms with E-state index in [0.717, 1.165) is 44.0 Å². The van der Waals surface area contributed by atoms with Gasteiger partial charge in [-0.3, -0.25) is 4.79 Å². The van der Waals surface area contributed by atoms with Gasteiger partial charge in [0.2, 0.25) is 0 Å². The Morgan fingerprint density at radius 2 is 1.62 bits per heavy atom. The lowest BCUT2D eigenvalue weighted by Crippen LogP contribution is -2.30. The Balaban J connectivity index is 1.80. The van der Waals surface area contributed by atoms with Crippen LogP contribution in [0.2, 0.25) is 5.02 Å². The van der Waals surface area contributed by atoms with Crippen LogP contribution in [0.1, 0.15) is 47.7 Å². The number of hydrogen-bond acceptors (Lipinski definition) is 3. The molecule has 154 valence electrons. The van der Waals surface area contributed by atoms with Crippen molar-refractivity contribution in [1.29, 1.82) is 0 Å². The third-order valence-electron chi connectivity index (χ3n) is 4.96. The summed E-state index contributed by atoms with van der Waals surface area (Å²) >= 11 is 5.80. The summed E-state index contributed by atoms with van der Waals surface area (Å²) in [7, 11) is 0. The molecule has 29 heavy (non-hydrogen) atoms. The van der Waals surface area contributed by atoms with Crippen molar-refractivity contribution >= 4 is 28.9 Å². The summed E-state index contributed by atoms with van der Waals surface area (Å²) in [5.74, 6) is -3.48. The number of hydrogen-bond donors (Lipinski definition) is 1. The second-order valence-corrected chi connectivity index (χ2v) is 7.46. The van der Waals surface area contributed by atoms with E-state index in [1.807, 2.05) is 11.8 Å². The van der Waals surface area contributed by atoms with E-state index in [-0.39, 0.29) is 16.4 Å². The van der Waals surface area contributed by atoms with Gasteiger partial charge in [-0.1, -0.05) is 11.6 Å². The molecule has 0 spiro atoms. The quantitative estimate of drug-likeness (QED) is 0.417. The fourth-order valence-corrected chi connectivity index (χ4v) is 3.62. The normalized spacial score (nSPS) is 14.8. The second-order valence-electron chi connectivity index (χ2n) is 7.05. The van der Waals surface area contributed by atoms with Crippen LogP contribution in [0.4, 0.5) is 18.9 Å². The predicted molar refractivity (Wildman–Crippen MR) is 108 cm³/mol. The van der Waals surface area contributed by atoms with E-state index in [1.54, 1.807) is 13.0 Å². The van der Waals surface area contributed by atoms with Gasteiger partial charge in [0, 0.05) is 18.7 Å². The molecule has 0 aliphatic carbocycles. The van der Waals surface area contributed by atoms with Gasteiger partial charge in [0.1, 0.15) is 5.82 Å². The minimum absolute atomic E-state index is 0.234. The number of carbonyl (C=O) groups excluding carboxylic acids is 1. The Labute approximate surface area is 172 Å². The molecule has 2 aromatic carbocycles. The van der Waals surface area contributed by atoms with E-state index in [2.05, 4.69) is 10.5 Å². The third kappa shape index (κ3) is 4.72. The maximum Gasteiger partial charge on any atom is 0.272 e. The van der Waals surface area contributed by atoms with Crippen LogP contribution in [0.5, 0.6) is 0 Å². The van der Waals surface area contributed by atoms with Gasteiger partial charge in [-0.15, -0.1) is 0 Å². The number of nitrogens with zero attached hydrogens (tertiary/aromatic N) is 2. The minimum atomic E-state index is -1.19. The monoisotopic (exact) mass is 423 g/mol.